The number of fused-ring (bicyclic) bond motifs is 2. The summed E-state index contributed by atoms with van der Waals surface area (Å²) in [6.45, 7) is 5.03. The van der Waals surface area contributed by atoms with Crippen LogP contribution in [0.5, 0.6) is 5.75 Å². The molecule has 5 rings (SSSR count). The van der Waals surface area contributed by atoms with E-state index in [9.17, 15) is 0 Å². The second kappa shape index (κ2) is 7.60. The van der Waals surface area contributed by atoms with Crippen LogP contribution in [0.15, 0.2) is 29.4 Å². The Morgan fingerprint density at radius 2 is 2.06 bits per heavy atom. The van der Waals surface area contributed by atoms with Crippen LogP contribution in [0.2, 0.25) is 0 Å². The molecule has 0 bridgehead atoms. The first kappa shape index (κ1) is 21.5. The number of nitrogens with two attached hydrogens (primary N) is 1. The van der Waals surface area contributed by atoms with Gasteiger partial charge in [0.05, 0.1) is 16.0 Å². The Morgan fingerprint density at radius 1 is 1.25 bits per heavy atom. The second-order valence-corrected chi connectivity index (χ2v) is 10.7. The van der Waals surface area contributed by atoms with Crippen LogP contribution in [0.1, 0.15) is 38.7 Å². The van der Waals surface area contributed by atoms with Gasteiger partial charge in [-0.25, -0.2) is 19.9 Å². The standard InChI is InChI=1S/C23H31N5O3S/c1-22(2)11-15(8-9-29-22)18-12-23(26-20(24)28(5)31-23)16-10-14(6-7-17(16)30-18)19-13-25-21(32-19)27(3)4/h6-7,10,13,15,18H,8-9,11-12H2,1-5H3,(H2,24,26). The van der Waals surface area contributed by atoms with E-state index in [0.29, 0.717) is 18.3 Å². The molecule has 0 saturated carbocycles. The van der Waals surface area contributed by atoms with Crippen LogP contribution in [0, 0.1) is 5.92 Å². The predicted molar refractivity (Wildman–Crippen MR) is 126 cm³/mol. The molecule has 2 N–H and O–H groups in total. The fraction of sp³-hybridized carbons (Fsp3) is 0.565. The molecular weight excluding hydrogens is 426 g/mol. The van der Waals surface area contributed by atoms with Crippen LogP contribution < -0.4 is 15.4 Å². The highest BCUT2D eigenvalue weighted by atomic mass is 32.1. The van der Waals surface area contributed by atoms with Crippen molar-refractivity contribution in [1.29, 1.82) is 0 Å². The Balaban J connectivity index is 1.53. The van der Waals surface area contributed by atoms with Crippen LogP contribution in [-0.4, -0.2) is 55.5 Å². The molecule has 1 aromatic carbocycles. The summed E-state index contributed by atoms with van der Waals surface area (Å²) in [7, 11) is 5.79. The molecule has 0 aliphatic carbocycles. The summed E-state index contributed by atoms with van der Waals surface area (Å²) in [6, 6.07) is 6.23. The van der Waals surface area contributed by atoms with E-state index in [0.717, 1.165) is 46.3 Å². The van der Waals surface area contributed by atoms with E-state index in [1.54, 1.807) is 23.4 Å². The number of hydroxylamine groups is 2. The summed E-state index contributed by atoms with van der Waals surface area (Å²) < 4.78 is 12.5. The fourth-order valence-corrected chi connectivity index (χ4v) is 5.72. The number of ether oxygens (including phenoxy) is 2. The number of rotatable bonds is 3. The lowest BCUT2D eigenvalue weighted by Crippen LogP contribution is -2.46. The molecule has 0 radical (unpaired) electrons. The highest BCUT2D eigenvalue weighted by Gasteiger charge is 2.51. The van der Waals surface area contributed by atoms with Crippen LogP contribution in [-0.2, 0) is 15.3 Å². The average Bonchev–Trinajstić information content (AvgIpc) is 3.33. The minimum atomic E-state index is -0.884. The van der Waals surface area contributed by atoms with Crippen molar-refractivity contribution in [2.24, 2.45) is 16.6 Å². The lowest BCUT2D eigenvalue weighted by atomic mass is 9.79. The van der Waals surface area contributed by atoms with E-state index < -0.39 is 5.72 Å². The van der Waals surface area contributed by atoms with Gasteiger partial charge in [-0.05, 0) is 50.5 Å². The number of aromatic nitrogens is 1. The average molecular weight is 458 g/mol. The maximum atomic E-state index is 6.57. The molecule has 1 saturated heterocycles. The molecule has 172 valence electrons. The molecule has 3 unspecified atom stereocenters. The first-order chi connectivity index (χ1) is 15.2. The lowest BCUT2D eigenvalue weighted by Gasteiger charge is -2.44. The summed E-state index contributed by atoms with van der Waals surface area (Å²) in [5, 5.41) is 2.52. The normalized spacial score (nSPS) is 28.9. The monoisotopic (exact) mass is 457 g/mol. The van der Waals surface area contributed by atoms with Gasteiger partial charge in [0, 0.05) is 46.3 Å². The highest BCUT2D eigenvalue weighted by Crippen LogP contribution is 2.50. The van der Waals surface area contributed by atoms with Gasteiger partial charge < -0.3 is 20.1 Å². The molecule has 1 fully saturated rings. The number of guanidine groups is 1. The number of hydrogen-bond acceptors (Lipinski definition) is 9. The van der Waals surface area contributed by atoms with Gasteiger partial charge >= 0.3 is 0 Å². The number of thiazole rings is 1. The molecule has 1 aromatic heterocycles. The number of hydrogen-bond donors (Lipinski definition) is 1. The van der Waals surface area contributed by atoms with Gasteiger partial charge in [-0.3, -0.25) is 0 Å². The van der Waals surface area contributed by atoms with Gasteiger partial charge in [0.2, 0.25) is 11.7 Å². The molecule has 3 aliphatic heterocycles. The number of aliphatic imine (C=N–C) groups is 1. The third kappa shape index (κ3) is 3.72. The Hall–Kier alpha value is -2.36. The molecular formula is C23H31N5O3S. The molecule has 4 heterocycles. The maximum absolute atomic E-state index is 6.57. The molecule has 2 aromatic rings. The van der Waals surface area contributed by atoms with E-state index in [2.05, 4.69) is 31.0 Å². The molecule has 0 amide bonds. The minimum absolute atomic E-state index is 0.0247. The third-order valence-electron chi connectivity index (χ3n) is 6.48. The quantitative estimate of drug-likeness (QED) is 0.754. The van der Waals surface area contributed by atoms with Gasteiger partial charge in [0.1, 0.15) is 11.9 Å². The topological polar surface area (TPSA) is 85.4 Å². The van der Waals surface area contributed by atoms with E-state index >= 15 is 0 Å². The van der Waals surface area contributed by atoms with Gasteiger partial charge in [-0.1, -0.05) is 11.3 Å². The van der Waals surface area contributed by atoms with Crippen LogP contribution >= 0.6 is 11.3 Å². The summed E-state index contributed by atoms with van der Waals surface area (Å²) >= 11 is 1.65. The van der Waals surface area contributed by atoms with Gasteiger partial charge in [-0.2, -0.15) is 0 Å². The van der Waals surface area contributed by atoms with Crippen molar-refractivity contribution in [3.8, 4) is 16.2 Å². The molecule has 8 nitrogen and oxygen atoms in total. The van der Waals surface area contributed by atoms with Crippen LogP contribution in [0.3, 0.4) is 0 Å². The Morgan fingerprint density at radius 3 is 2.72 bits per heavy atom. The Kier molecular flexibility index (Phi) is 5.11. The first-order valence-corrected chi connectivity index (χ1v) is 11.8. The fourth-order valence-electron chi connectivity index (χ4n) is 4.88. The summed E-state index contributed by atoms with van der Waals surface area (Å²) in [5.41, 5.74) is 7.10. The zero-order chi connectivity index (χ0) is 22.7. The molecule has 3 aliphatic rings. The van der Waals surface area contributed by atoms with Crippen molar-refractivity contribution in [2.45, 2.75) is 50.5 Å². The largest absolute Gasteiger partial charge is 0.489 e. The van der Waals surface area contributed by atoms with E-state index in [4.69, 9.17) is 25.0 Å². The third-order valence-corrected chi connectivity index (χ3v) is 7.70. The first-order valence-electron chi connectivity index (χ1n) is 11.0. The van der Waals surface area contributed by atoms with Gasteiger partial charge in [-0.15, -0.1) is 0 Å². The minimum Gasteiger partial charge on any atom is -0.489 e. The number of benzene rings is 1. The van der Waals surface area contributed by atoms with Crippen molar-refractivity contribution in [1.82, 2.24) is 10.0 Å². The SMILES string of the molecule is CN1OC2(CC(C3CCOC(C)(C)C3)Oc3ccc(-c4cnc(N(C)C)s4)cc32)N=C1N. The Labute approximate surface area is 192 Å². The number of anilines is 1. The molecule has 3 atom stereocenters. The van der Waals surface area contributed by atoms with Crippen molar-refractivity contribution >= 4 is 22.4 Å². The summed E-state index contributed by atoms with van der Waals surface area (Å²) in [4.78, 5) is 18.7. The van der Waals surface area contributed by atoms with Crippen molar-refractivity contribution in [3.63, 3.8) is 0 Å². The zero-order valence-electron chi connectivity index (χ0n) is 19.3. The smallest absolute Gasteiger partial charge is 0.221 e. The Bertz CT molecular complexity index is 1050. The molecule has 32 heavy (non-hydrogen) atoms. The van der Waals surface area contributed by atoms with Crippen molar-refractivity contribution in [3.05, 3.63) is 30.0 Å². The number of nitrogens with zero attached hydrogens (tertiary/aromatic N) is 4. The summed E-state index contributed by atoms with van der Waals surface area (Å²) in [6.07, 6.45) is 4.39. The maximum Gasteiger partial charge on any atom is 0.221 e. The molecule has 9 heteroatoms. The van der Waals surface area contributed by atoms with E-state index in [-0.39, 0.29) is 11.7 Å². The van der Waals surface area contributed by atoms with Crippen molar-refractivity contribution < 1.29 is 14.3 Å². The van der Waals surface area contributed by atoms with E-state index in [1.807, 2.05) is 31.3 Å². The van der Waals surface area contributed by atoms with E-state index in [1.165, 1.54) is 0 Å². The lowest BCUT2D eigenvalue weighted by molar-refractivity contribution is -0.198. The summed E-state index contributed by atoms with van der Waals surface area (Å²) in [5.74, 6) is 1.54. The molecule has 1 spiro atoms. The van der Waals surface area contributed by atoms with Crippen LogP contribution in [0.25, 0.3) is 10.4 Å². The van der Waals surface area contributed by atoms with Crippen LogP contribution in [0.4, 0.5) is 5.13 Å². The zero-order valence-corrected chi connectivity index (χ0v) is 20.1. The highest BCUT2D eigenvalue weighted by molar-refractivity contribution is 7.18. The van der Waals surface area contributed by atoms with Crippen molar-refractivity contribution in [2.75, 3.05) is 32.6 Å². The second-order valence-electron chi connectivity index (χ2n) is 9.68. The van der Waals surface area contributed by atoms with Gasteiger partial charge in [0.25, 0.3) is 0 Å². The predicted octanol–water partition coefficient (Wildman–Crippen LogP) is 3.58. The van der Waals surface area contributed by atoms with Gasteiger partial charge in [0.15, 0.2) is 5.13 Å².